The SMILES string of the molecule is CC.CCC.Cc1ccc(-c2ccc(-c3ccc(C)s3)c3nsnc23)s1. The first-order chi connectivity index (χ1) is 12.6. The second kappa shape index (κ2) is 9.95. The largest absolute Gasteiger partial charge is 0.172 e. The molecule has 4 rings (SSSR count). The number of nitrogens with zero attached hydrogens (tertiary/aromatic N) is 2. The van der Waals surface area contributed by atoms with Crippen LogP contribution >= 0.6 is 34.4 Å². The van der Waals surface area contributed by atoms with Gasteiger partial charge in [-0.15, -0.1) is 22.7 Å². The summed E-state index contributed by atoms with van der Waals surface area (Å²) < 4.78 is 9.08. The molecule has 0 radical (unpaired) electrons. The maximum atomic E-state index is 4.54. The van der Waals surface area contributed by atoms with Gasteiger partial charge in [-0.25, -0.2) is 0 Å². The summed E-state index contributed by atoms with van der Waals surface area (Å²) in [6.07, 6.45) is 1.25. The molecule has 0 N–H and O–H groups in total. The van der Waals surface area contributed by atoms with Gasteiger partial charge >= 0.3 is 0 Å². The quantitative estimate of drug-likeness (QED) is 0.337. The summed E-state index contributed by atoms with van der Waals surface area (Å²) in [6.45, 7) is 12.5. The number of hydrogen-bond acceptors (Lipinski definition) is 5. The van der Waals surface area contributed by atoms with Crippen molar-refractivity contribution in [2.24, 2.45) is 0 Å². The summed E-state index contributed by atoms with van der Waals surface area (Å²) in [7, 11) is 0. The number of hydrogen-bond donors (Lipinski definition) is 0. The minimum absolute atomic E-state index is 1.02. The Labute approximate surface area is 168 Å². The molecule has 0 aliphatic heterocycles. The first kappa shape index (κ1) is 20.7. The molecular formula is C21H26N2S3. The van der Waals surface area contributed by atoms with E-state index in [-0.39, 0.29) is 0 Å². The molecule has 4 aromatic rings. The third-order valence-corrected chi connectivity index (χ3v) is 6.02. The zero-order valence-electron chi connectivity index (χ0n) is 16.3. The Bertz CT molecular complexity index is 873. The van der Waals surface area contributed by atoms with Gasteiger partial charge in [0.25, 0.3) is 0 Å². The molecule has 0 amide bonds. The highest BCUT2D eigenvalue weighted by Crippen LogP contribution is 2.38. The normalized spacial score (nSPS) is 10.1. The highest BCUT2D eigenvalue weighted by Gasteiger charge is 2.15. The lowest BCUT2D eigenvalue weighted by Gasteiger charge is -2.03. The zero-order chi connectivity index (χ0) is 19.1. The van der Waals surface area contributed by atoms with Crippen molar-refractivity contribution >= 4 is 45.4 Å². The Morgan fingerprint density at radius 3 is 1.38 bits per heavy atom. The first-order valence-corrected chi connectivity index (χ1v) is 11.4. The van der Waals surface area contributed by atoms with Crippen molar-refractivity contribution in [3.8, 4) is 20.9 Å². The highest BCUT2D eigenvalue weighted by molar-refractivity contribution is 7.16. The highest BCUT2D eigenvalue weighted by atomic mass is 32.1. The molecule has 0 spiro atoms. The van der Waals surface area contributed by atoms with Gasteiger partial charge in [-0.3, -0.25) is 0 Å². The van der Waals surface area contributed by atoms with Crippen LogP contribution in [0.1, 0.15) is 43.9 Å². The number of fused-ring (bicyclic) bond motifs is 1. The van der Waals surface area contributed by atoms with Crippen LogP contribution in [0.15, 0.2) is 36.4 Å². The molecule has 0 aliphatic carbocycles. The Morgan fingerprint density at radius 1 is 0.692 bits per heavy atom. The van der Waals surface area contributed by atoms with E-state index in [1.54, 1.807) is 22.7 Å². The van der Waals surface area contributed by atoms with Crippen LogP contribution in [0.4, 0.5) is 0 Å². The van der Waals surface area contributed by atoms with Crippen molar-refractivity contribution in [3.05, 3.63) is 46.2 Å². The maximum Gasteiger partial charge on any atom is 0.114 e. The van der Waals surface area contributed by atoms with Crippen molar-refractivity contribution in [1.29, 1.82) is 0 Å². The van der Waals surface area contributed by atoms with Crippen molar-refractivity contribution in [3.63, 3.8) is 0 Å². The topological polar surface area (TPSA) is 25.8 Å². The van der Waals surface area contributed by atoms with E-state index in [0.29, 0.717) is 0 Å². The first-order valence-electron chi connectivity index (χ1n) is 9.03. The van der Waals surface area contributed by atoms with Gasteiger partial charge in [0.2, 0.25) is 0 Å². The summed E-state index contributed by atoms with van der Waals surface area (Å²) >= 11 is 4.90. The lowest BCUT2D eigenvalue weighted by atomic mass is 10.1. The van der Waals surface area contributed by atoms with E-state index in [9.17, 15) is 0 Å². The second-order valence-electron chi connectivity index (χ2n) is 5.65. The molecule has 2 nitrogen and oxygen atoms in total. The lowest BCUT2D eigenvalue weighted by molar-refractivity contribution is 1.09. The van der Waals surface area contributed by atoms with Crippen molar-refractivity contribution in [2.75, 3.05) is 0 Å². The molecule has 0 unspecified atom stereocenters. The van der Waals surface area contributed by atoms with Crippen LogP contribution in [0.3, 0.4) is 0 Å². The van der Waals surface area contributed by atoms with E-state index >= 15 is 0 Å². The molecule has 0 bridgehead atoms. The monoisotopic (exact) mass is 402 g/mol. The Hall–Kier alpha value is -1.56. The van der Waals surface area contributed by atoms with Gasteiger partial charge < -0.3 is 0 Å². The van der Waals surface area contributed by atoms with E-state index < -0.39 is 0 Å². The zero-order valence-corrected chi connectivity index (χ0v) is 18.7. The Morgan fingerprint density at radius 2 is 1.08 bits per heavy atom. The Balaban J connectivity index is 0.000000444. The lowest BCUT2D eigenvalue weighted by Crippen LogP contribution is -1.81. The summed E-state index contributed by atoms with van der Waals surface area (Å²) in [6, 6.07) is 13.0. The third-order valence-electron chi connectivity index (χ3n) is 3.43. The number of benzene rings is 1. The van der Waals surface area contributed by atoms with Gasteiger partial charge in [-0.2, -0.15) is 8.75 Å². The van der Waals surface area contributed by atoms with E-state index in [1.165, 1.54) is 48.8 Å². The van der Waals surface area contributed by atoms with E-state index in [0.717, 1.165) is 11.0 Å². The van der Waals surface area contributed by atoms with Crippen LogP contribution in [-0.4, -0.2) is 8.75 Å². The average Bonchev–Trinajstić information content (AvgIpc) is 3.37. The van der Waals surface area contributed by atoms with Crippen LogP contribution in [0.5, 0.6) is 0 Å². The fourth-order valence-electron chi connectivity index (χ4n) is 2.42. The van der Waals surface area contributed by atoms with Crippen LogP contribution in [-0.2, 0) is 0 Å². The molecule has 3 aromatic heterocycles. The minimum Gasteiger partial charge on any atom is -0.172 e. The van der Waals surface area contributed by atoms with Gasteiger partial charge in [0.05, 0.1) is 11.7 Å². The number of aromatic nitrogens is 2. The van der Waals surface area contributed by atoms with Gasteiger partial charge in [-0.05, 0) is 38.1 Å². The second-order valence-corrected chi connectivity index (χ2v) is 8.75. The molecule has 0 saturated carbocycles. The van der Waals surface area contributed by atoms with E-state index in [2.05, 4.69) is 72.8 Å². The van der Waals surface area contributed by atoms with Gasteiger partial charge in [0, 0.05) is 30.6 Å². The molecule has 0 fully saturated rings. The number of thiophene rings is 2. The minimum atomic E-state index is 1.02. The molecule has 138 valence electrons. The van der Waals surface area contributed by atoms with Crippen molar-refractivity contribution in [1.82, 2.24) is 8.75 Å². The van der Waals surface area contributed by atoms with Gasteiger partial charge in [-0.1, -0.05) is 46.2 Å². The summed E-state index contributed by atoms with van der Waals surface area (Å²) in [5.74, 6) is 0. The standard InChI is InChI=1S/C16H12N2S3.C3H8.C2H6/c1-9-3-7-13(19-9)11-5-6-12(14-8-4-10(2)20-14)16-15(11)17-21-18-16;1-3-2;1-2/h3-8H,1-2H3;3H2,1-2H3;1-2H3. The molecule has 0 aliphatic rings. The maximum absolute atomic E-state index is 4.54. The van der Waals surface area contributed by atoms with Crippen molar-refractivity contribution < 1.29 is 0 Å². The molecule has 0 atom stereocenters. The summed E-state index contributed by atoms with van der Waals surface area (Å²) in [5, 5.41) is 0. The number of rotatable bonds is 2. The predicted molar refractivity (Wildman–Crippen MR) is 121 cm³/mol. The summed E-state index contributed by atoms with van der Waals surface area (Å²) in [4.78, 5) is 5.16. The van der Waals surface area contributed by atoms with E-state index in [4.69, 9.17) is 0 Å². The van der Waals surface area contributed by atoms with Gasteiger partial charge in [0.1, 0.15) is 11.0 Å². The molecule has 26 heavy (non-hydrogen) atoms. The molecular weight excluding hydrogens is 376 g/mol. The van der Waals surface area contributed by atoms with Crippen LogP contribution in [0.25, 0.3) is 31.9 Å². The number of aryl methyl sites for hydroxylation is 2. The molecule has 3 heterocycles. The fraction of sp³-hybridized carbons (Fsp3) is 0.333. The van der Waals surface area contributed by atoms with Crippen LogP contribution in [0, 0.1) is 13.8 Å². The predicted octanol–water partition coefficient (Wildman–Crippen LogP) is 8.21. The fourth-order valence-corrected chi connectivity index (χ4v) is 4.78. The third kappa shape index (κ3) is 4.58. The summed E-state index contributed by atoms with van der Waals surface area (Å²) in [5.41, 5.74) is 4.42. The van der Waals surface area contributed by atoms with Crippen LogP contribution < -0.4 is 0 Å². The van der Waals surface area contributed by atoms with Gasteiger partial charge in [0.15, 0.2) is 0 Å². The van der Waals surface area contributed by atoms with Crippen LogP contribution in [0.2, 0.25) is 0 Å². The molecule has 1 aromatic carbocycles. The van der Waals surface area contributed by atoms with Crippen molar-refractivity contribution in [2.45, 2.75) is 48.0 Å². The molecule has 5 heteroatoms. The Kier molecular flexibility index (Phi) is 7.94. The van der Waals surface area contributed by atoms with E-state index in [1.807, 2.05) is 13.8 Å². The molecule has 0 saturated heterocycles. The smallest absolute Gasteiger partial charge is 0.114 e. The average molecular weight is 403 g/mol.